The fourth-order valence-corrected chi connectivity index (χ4v) is 2.81. The second kappa shape index (κ2) is 4.23. The quantitative estimate of drug-likeness (QED) is 0.728. The van der Waals surface area contributed by atoms with Gasteiger partial charge in [0.05, 0.1) is 6.04 Å². The van der Waals surface area contributed by atoms with Crippen molar-refractivity contribution >= 4 is 16.8 Å². The first-order valence-electron chi connectivity index (χ1n) is 6.43. The third-order valence-electron chi connectivity index (χ3n) is 3.67. The van der Waals surface area contributed by atoms with E-state index in [1.807, 2.05) is 38.1 Å². The highest BCUT2D eigenvalue weighted by Gasteiger charge is 2.33. The molecule has 0 unspecified atom stereocenters. The van der Waals surface area contributed by atoms with E-state index in [4.69, 9.17) is 4.74 Å². The van der Waals surface area contributed by atoms with Crippen LogP contribution in [-0.2, 0) is 4.79 Å². The summed E-state index contributed by atoms with van der Waals surface area (Å²) in [5, 5.41) is 1.05. The average Bonchev–Trinajstić information content (AvgIpc) is 2.38. The summed E-state index contributed by atoms with van der Waals surface area (Å²) >= 11 is 0. The van der Waals surface area contributed by atoms with Crippen molar-refractivity contribution in [1.82, 2.24) is 9.88 Å². The average molecular weight is 256 g/mol. The number of rotatable bonds is 0. The molecule has 1 aromatic carbocycles. The van der Waals surface area contributed by atoms with Gasteiger partial charge in [-0.25, -0.2) is 0 Å². The van der Waals surface area contributed by atoms with Crippen molar-refractivity contribution < 1.29 is 9.53 Å². The van der Waals surface area contributed by atoms with Crippen LogP contribution in [-0.4, -0.2) is 22.0 Å². The monoisotopic (exact) mass is 256 g/mol. The van der Waals surface area contributed by atoms with Crippen molar-refractivity contribution in [1.29, 1.82) is 0 Å². The molecule has 0 N–H and O–H groups in total. The SMILES string of the molecule is CC(=O)N1[C@H](C)Oc2c(ccc3cccnc23)[C@@H]1C. The van der Waals surface area contributed by atoms with Gasteiger partial charge in [-0.2, -0.15) is 0 Å². The molecule has 2 atom stereocenters. The van der Waals surface area contributed by atoms with E-state index in [0.29, 0.717) is 0 Å². The zero-order chi connectivity index (χ0) is 13.6. The molecule has 0 radical (unpaired) electrons. The van der Waals surface area contributed by atoms with Crippen molar-refractivity contribution in [3.63, 3.8) is 0 Å². The highest BCUT2D eigenvalue weighted by Crippen LogP contribution is 2.40. The highest BCUT2D eigenvalue weighted by atomic mass is 16.5. The van der Waals surface area contributed by atoms with Crippen molar-refractivity contribution in [2.75, 3.05) is 0 Å². The molecule has 4 nitrogen and oxygen atoms in total. The Balaban J connectivity index is 2.21. The fraction of sp³-hybridized carbons (Fsp3) is 0.333. The lowest BCUT2D eigenvalue weighted by molar-refractivity contribution is -0.141. The maximum Gasteiger partial charge on any atom is 0.222 e. The van der Waals surface area contributed by atoms with E-state index < -0.39 is 0 Å². The van der Waals surface area contributed by atoms with Crippen molar-refractivity contribution in [2.45, 2.75) is 33.0 Å². The Morgan fingerprint density at radius 1 is 1.32 bits per heavy atom. The summed E-state index contributed by atoms with van der Waals surface area (Å²) in [6.45, 7) is 5.48. The molecule has 0 saturated carbocycles. The van der Waals surface area contributed by atoms with Crippen LogP contribution < -0.4 is 4.74 Å². The van der Waals surface area contributed by atoms with E-state index in [-0.39, 0.29) is 18.2 Å². The Kier molecular flexibility index (Phi) is 2.66. The van der Waals surface area contributed by atoms with Crippen LogP contribution in [0.1, 0.15) is 32.4 Å². The molecule has 4 heteroatoms. The van der Waals surface area contributed by atoms with Crippen LogP contribution in [0.4, 0.5) is 0 Å². The summed E-state index contributed by atoms with van der Waals surface area (Å²) in [6.07, 6.45) is 1.49. The van der Waals surface area contributed by atoms with Crippen LogP contribution in [0.3, 0.4) is 0 Å². The number of hydrogen-bond acceptors (Lipinski definition) is 3. The van der Waals surface area contributed by atoms with Gasteiger partial charge in [0.2, 0.25) is 5.91 Å². The van der Waals surface area contributed by atoms with Gasteiger partial charge in [-0.1, -0.05) is 18.2 Å². The van der Waals surface area contributed by atoms with E-state index >= 15 is 0 Å². The summed E-state index contributed by atoms with van der Waals surface area (Å²) in [7, 11) is 0. The Hall–Kier alpha value is -2.10. The predicted molar refractivity (Wildman–Crippen MR) is 72.8 cm³/mol. The van der Waals surface area contributed by atoms with Gasteiger partial charge in [0, 0.05) is 24.1 Å². The Morgan fingerprint density at radius 2 is 2.11 bits per heavy atom. The molecule has 0 bridgehead atoms. The molecule has 19 heavy (non-hydrogen) atoms. The topological polar surface area (TPSA) is 42.4 Å². The minimum atomic E-state index is -0.271. The lowest BCUT2D eigenvalue weighted by Gasteiger charge is -2.39. The smallest absolute Gasteiger partial charge is 0.222 e. The van der Waals surface area contributed by atoms with Crippen LogP contribution in [0.2, 0.25) is 0 Å². The summed E-state index contributed by atoms with van der Waals surface area (Å²) < 4.78 is 5.93. The predicted octanol–water partition coefficient (Wildman–Crippen LogP) is 2.88. The molecule has 2 heterocycles. The molecule has 0 spiro atoms. The maximum absolute atomic E-state index is 11.7. The van der Waals surface area contributed by atoms with E-state index in [1.165, 1.54) is 0 Å². The number of nitrogens with zero attached hydrogens (tertiary/aromatic N) is 2. The van der Waals surface area contributed by atoms with Crippen LogP contribution in [0.5, 0.6) is 5.75 Å². The molecular formula is C15H16N2O2. The van der Waals surface area contributed by atoms with E-state index in [0.717, 1.165) is 22.2 Å². The number of benzene rings is 1. The third kappa shape index (κ3) is 1.75. The van der Waals surface area contributed by atoms with Crippen molar-refractivity contribution in [2.24, 2.45) is 0 Å². The Morgan fingerprint density at radius 3 is 2.84 bits per heavy atom. The summed E-state index contributed by atoms with van der Waals surface area (Å²) in [4.78, 5) is 17.9. The van der Waals surface area contributed by atoms with Crippen molar-refractivity contribution in [3.05, 3.63) is 36.0 Å². The number of carbonyl (C=O) groups is 1. The van der Waals surface area contributed by atoms with Crippen LogP contribution >= 0.6 is 0 Å². The zero-order valence-electron chi connectivity index (χ0n) is 11.3. The third-order valence-corrected chi connectivity index (χ3v) is 3.67. The molecule has 1 aromatic heterocycles. The molecule has 0 fully saturated rings. The number of pyridine rings is 1. The van der Waals surface area contributed by atoms with Crippen LogP contribution in [0.25, 0.3) is 10.9 Å². The molecule has 0 aliphatic carbocycles. The van der Waals surface area contributed by atoms with E-state index in [2.05, 4.69) is 4.98 Å². The van der Waals surface area contributed by atoms with Gasteiger partial charge in [-0.15, -0.1) is 0 Å². The van der Waals surface area contributed by atoms with Gasteiger partial charge in [0.25, 0.3) is 0 Å². The number of fused-ring (bicyclic) bond motifs is 3. The van der Waals surface area contributed by atoms with Crippen LogP contribution in [0.15, 0.2) is 30.5 Å². The lowest BCUT2D eigenvalue weighted by atomic mass is 10.0. The fourth-order valence-electron chi connectivity index (χ4n) is 2.81. The number of amides is 1. The lowest BCUT2D eigenvalue weighted by Crippen LogP contribution is -2.45. The Labute approximate surface area is 112 Å². The summed E-state index contributed by atoms with van der Waals surface area (Å²) in [6, 6.07) is 7.97. The maximum atomic E-state index is 11.7. The number of carbonyl (C=O) groups excluding carboxylic acids is 1. The van der Waals surface area contributed by atoms with E-state index in [9.17, 15) is 4.79 Å². The molecule has 1 aliphatic heterocycles. The molecular weight excluding hydrogens is 240 g/mol. The first kappa shape index (κ1) is 12.0. The minimum absolute atomic E-state index is 0.00246. The van der Waals surface area contributed by atoms with Crippen LogP contribution in [0, 0.1) is 0 Å². The second-order valence-corrected chi connectivity index (χ2v) is 4.88. The number of aromatic nitrogens is 1. The van der Waals surface area contributed by atoms with Gasteiger partial charge < -0.3 is 9.64 Å². The molecule has 1 amide bonds. The molecule has 1 aliphatic rings. The second-order valence-electron chi connectivity index (χ2n) is 4.88. The molecule has 2 aromatic rings. The summed E-state index contributed by atoms with van der Waals surface area (Å²) in [5.74, 6) is 0.822. The van der Waals surface area contributed by atoms with Gasteiger partial charge >= 0.3 is 0 Å². The van der Waals surface area contributed by atoms with Gasteiger partial charge in [0.1, 0.15) is 5.52 Å². The van der Waals surface area contributed by atoms with Gasteiger partial charge in [-0.05, 0) is 19.9 Å². The zero-order valence-corrected chi connectivity index (χ0v) is 11.3. The number of hydrogen-bond donors (Lipinski definition) is 0. The molecule has 0 saturated heterocycles. The first-order chi connectivity index (χ1) is 9.09. The summed E-state index contributed by atoms with van der Waals surface area (Å²) in [5.41, 5.74) is 1.88. The van der Waals surface area contributed by atoms with Gasteiger partial charge in [-0.3, -0.25) is 9.78 Å². The molecule has 98 valence electrons. The van der Waals surface area contributed by atoms with Gasteiger partial charge in [0.15, 0.2) is 12.0 Å². The van der Waals surface area contributed by atoms with Crippen molar-refractivity contribution in [3.8, 4) is 5.75 Å². The Bertz CT molecular complexity index is 654. The molecule has 3 rings (SSSR count). The minimum Gasteiger partial charge on any atom is -0.468 e. The normalized spacial score (nSPS) is 21.9. The standard InChI is InChI=1S/C15H16N2O2/c1-9-13-7-6-12-5-4-8-16-14(12)15(13)19-11(3)17(9)10(2)18/h4-9,11H,1-3H3/t9-,11-/m0/s1. The first-order valence-corrected chi connectivity index (χ1v) is 6.43. The van der Waals surface area contributed by atoms with E-state index in [1.54, 1.807) is 18.0 Å². The number of ether oxygens (including phenoxy) is 1. The largest absolute Gasteiger partial charge is 0.468 e. The highest BCUT2D eigenvalue weighted by molar-refractivity contribution is 5.86.